The van der Waals surface area contributed by atoms with Crippen molar-refractivity contribution in [2.24, 2.45) is 0 Å². The fraction of sp³-hybridized carbons (Fsp3) is 0.238. The first kappa shape index (κ1) is 18.4. The Balaban J connectivity index is 2.06. The molecule has 28 heavy (non-hydrogen) atoms. The molecule has 0 saturated carbocycles. The number of rotatable bonds is 4. The first-order chi connectivity index (χ1) is 13.7. The van der Waals surface area contributed by atoms with E-state index in [1.807, 2.05) is 67.8 Å². The summed E-state index contributed by atoms with van der Waals surface area (Å²) >= 11 is 1.36. The number of aromatic amines is 1. The third-order valence-electron chi connectivity index (χ3n) is 4.78. The summed E-state index contributed by atoms with van der Waals surface area (Å²) in [6, 6.07) is 17.2. The van der Waals surface area contributed by atoms with Crippen molar-refractivity contribution in [1.29, 1.82) is 0 Å². The molecule has 0 radical (unpaired) electrons. The largest absolute Gasteiger partial charge is 0.325 e. The molecule has 2 aromatic carbocycles. The molecule has 0 saturated heterocycles. The lowest BCUT2D eigenvalue weighted by Crippen LogP contribution is -2.60. The number of fused-ring (bicyclic) bond motifs is 3. The van der Waals surface area contributed by atoms with Gasteiger partial charge in [0.1, 0.15) is 0 Å². The predicted molar refractivity (Wildman–Crippen MR) is 109 cm³/mol. The summed E-state index contributed by atoms with van der Waals surface area (Å²) < 4.78 is 1.69. The van der Waals surface area contributed by atoms with Gasteiger partial charge in [-0.05, 0) is 29.5 Å². The normalized spacial score (nSPS) is 15.1. The maximum atomic E-state index is 13.2. The van der Waals surface area contributed by atoms with E-state index in [1.54, 1.807) is 9.58 Å². The van der Waals surface area contributed by atoms with Crippen molar-refractivity contribution in [3.05, 3.63) is 70.5 Å². The van der Waals surface area contributed by atoms with Crippen LogP contribution in [0.5, 0.6) is 0 Å². The average molecular weight is 393 g/mol. The van der Waals surface area contributed by atoms with Crippen LogP contribution in [0.3, 0.4) is 0 Å². The van der Waals surface area contributed by atoms with Crippen LogP contribution in [0.4, 0.5) is 5.69 Å². The number of nitrogens with zero attached hydrogens (tertiary/aromatic N) is 3. The summed E-state index contributed by atoms with van der Waals surface area (Å²) in [6.07, 6.45) is 2.51. The zero-order valence-corrected chi connectivity index (χ0v) is 16.6. The van der Waals surface area contributed by atoms with Gasteiger partial charge in [0.15, 0.2) is 0 Å². The molecular weight excluding hydrogens is 372 g/mol. The minimum atomic E-state index is -0.515. The molecule has 6 nitrogen and oxygen atoms in total. The van der Waals surface area contributed by atoms with E-state index >= 15 is 0 Å². The van der Waals surface area contributed by atoms with Crippen molar-refractivity contribution in [2.45, 2.75) is 31.1 Å². The van der Waals surface area contributed by atoms with Gasteiger partial charge in [-0.2, -0.15) is 0 Å². The number of H-pyrrole nitrogens is 1. The molecule has 0 fully saturated rings. The van der Waals surface area contributed by atoms with E-state index in [9.17, 15) is 9.59 Å². The highest BCUT2D eigenvalue weighted by molar-refractivity contribution is 7.98. The SMILES string of the molecule is CCCC(=O)N1c2ccccc2-c2c(=O)[nH]c(SC)n[n+]2C1c1ccccc1. The molecule has 0 spiro atoms. The summed E-state index contributed by atoms with van der Waals surface area (Å²) in [5, 5.41) is 5.18. The second kappa shape index (κ2) is 7.59. The fourth-order valence-corrected chi connectivity index (χ4v) is 3.96. The van der Waals surface area contributed by atoms with Crippen molar-refractivity contribution in [3.8, 4) is 11.3 Å². The molecule has 0 bridgehead atoms. The molecule has 2 heterocycles. The third kappa shape index (κ3) is 3.01. The molecule has 1 amide bonds. The van der Waals surface area contributed by atoms with Gasteiger partial charge in [-0.25, -0.2) is 4.90 Å². The Bertz CT molecular complexity index is 1080. The van der Waals surface area contributed by atoms with E-state index in [4.69, 9.17) is 0 Å². The van der Waals surface area contributed by atoms with E-state index in [1.165, 1.54) is 11.8 Å². The molecule has 1 atom stereocenters. The molecule has 1 N–H and O–H groups in total. The van der Waals surface area contributed by atoms with Crippen LogP contribution in [0.15, 0.2) is 64.5 Å². The predicted octanol–water partition coefficient (Wildman–Crippen LogP) is 3.14. The highest BCUT2D eigenvalue weighted by Gasteiger charge is 2.45. The number of nitrogens with one attached hydrogen (secondary N) is 1. The van der Waals surface area contributed by atoms with Gasteiger partial charge in [-0.3, -0.25) is 14.6 Å². The molecule has 7 heteroatoms. The fourth-order valence-electron chi connectivity index (χ4n) is 3.59. The van der Waals surface area contributed by atoms with Gasteiger partial charge in [-0.1, -0.05) is 61.2 Å². The Kier molecular flexibility index (Phi) is 5.00. The Morgan fingerprint density at radius 2 is 1.89 bits per heavy atom. The van der Waals surface area contributed by atoms with E-state index in [-0.39, 0.29) is 11.5 Å². The molecule has 1 aliphatic rings. The number of amides is 1. The van der Waals surface area contributed by atoms with Crippen LogP contribution in [-0.4, -0.2) is 22.2 Å². The van der Waals surface area contributed by atoms with Crippen molar-refractivity contribution in [2.75, 3.05) is 11.2 Å². The van der Waals surface area contributed by atoms with Crippen LogP contribution in [0.2, 0.25) is 0 Å². The smallest absolute Gasteiger partial charge is 0.291 e. The minimum absolute atomic E-state index is 0.00902. The number of hydrogen-bond donors (Lipinski definition) is 1. The number of aromatic nitrogens is 3. The lowest BCUT2D eigenvalue weighted by atomic mass is 10.0. The second-order valence-corrected chi connectivity index (χ2v) is 7.37. The highest BCUT2D eigenvalue weighted by atomic mass is 32.2. The standard InChI is InChI=1S/C21H20N4O2S/c1-3-9-17(26)24-16-13-8-7-12-15(16)18-19(27)22-21(28-2)23-25(18)20(24)14-10-5-4-6-11-14/h4-8,10-13,20H,3,9H2,1-2H3/p+1. The molecule has 3 aromatic rings. The number of para-hydroxylation sites is 1. The lowest BCUT2D eigenvalue weighted by Gasteiger charge is -2.32. The zero-order valence-electron chi connectivity index (χ0n) is 15.8. The Morgan fingerprint density at radius 1 is 1.18 bits per heavy atom. The van der Waals surface area contributed by atoms with E-state index < -0.39 is 6.17 Å². The minimum Gasteiger partial charge on any atom is -0.291 e. The summed E-state index contributed by atoms with van der Waals surface area (Å²) in [7, 11) is 0. The molecular formula is C21H21N4O2S+. The van der Waals surface area contributed by atoms with Crippen LogP contribution in [0, 0.1) is 0 Å². The summed E-state index contributed by atoms with van der Waals surface area (Å²) in [5.41, 5.74) is 2.59. The number of carbonyl (C=O) groups is 1. The first-order valence-corrected chi connectivity index (χ1v) is 10.4. The molecule has 1 unspecified atom stereocenters. The van der Waals surface area contributed by atoms with Crippen molar-refractivity contribution < 1.29 is 9.48 Å². The number of benzene rings is 2. The number of anilines is 1. The van der Waals surface area contributed by atoms with Crippen LogP contribution in [0.25, 0.3) is 11.3 Å². The average Bonchev–Trinajstić information content (AvgIpc) is 2.73. The second-order valence-electron chi connectivity index (χ2n) is 6.57. The lowest BCUT2D eigenvalue weighted by molar-refractivity contribution is -0.763. The summed E-state index contributed by atoms with van der Waals surface area (Å²) in [6.45, 7) is 1.99. The number of carbonyl (C=O) groups excluding carboxylic acids is 1. The van der Waals surface area contributed by atoms with Crippen LogP contribution < -0.4 is 15.1 Å². The van der Waals surface area contributed by atoms with E-state index in [2.05, 4.69) is 10.1 Å². The molecule has 142 valence electrons. The van der Waals surface area contributed by atoms with Gasteiger partial charge in [-0.15, -0.1) is 0 Å². The van der Waals surface area contributed by atoms with Gasteiger partial charge >= 0.3 is 11.3 Å². The van der Waals surface area contributed by atoms with Gasteiger partial charge in [0, 0.05) is 17.1 Å². The van der Waals surface area contributed by atoms with Gasteiger partial charge in [0.2, 0.25) is 11.1 Å². The Hall–Kier alpha value is -2.93. The van der Waals surface area contributed by atoms with Crippen molar-refractivity contribution >= 4 is 23.4 Å². The van der Waals surface area contributed by atoms with Gasteiger partial charge < -0.3 is 0 Å². The summed E-state index contributed by atoms with van der Waals surface area (Å²) in [4.78, 5) is 30.8. The van der Waals surface area contributed by atoms with Crippen LogP contribution >= 0.6 is 11.8 Å². The Morgan fingerprint density at radius 3 is 2.61 bits per heavy atom. The maximum absolute atomic E-state index is 13.2. The quantitative estimate of drug-likeness (QED) is 0.546. The molecule has 1 aliphatic heterocycles. The third-order valence-corrected chi connectivity index (χ3v) is 5.35. The van der Waals surface area contributed by atoms with Gasteiger partial charge in [0.25, 0.3) is 6.17 Å². The topological polar surface area (TPSA) is 69.9 Å². The first-order valence-electron chi connectivity index (χ1n) is 9.22. The van der Waals surface area contributed by atoms with Crippen LogP contribution in [0.1, 0.15) is 31.5 Å². The number of thioether (sulfide) groups is 1. The van der Waals surface area contributed by atoms with Crippen molar-refractivity contribution in [1.82, 2.24) is 10.1 Å². The van der Waals surface area contributed by atoms with E-state index in [0.29, 0.717) is 22.8 Å². The Labute approximate surface area is 167 Å². The highest BCUT2D eigenvalue weighted by Crippen LogP contribution is 2.37. The van der Waals surface area contributed by atoms with E-state index in [0.717, 1.165) is 17.7 Å². The monoisotopic (exact) mass is 393 g/mol. The summed E-state index contributed by atoms with van der Waals surface area (Å²) in [5.74, 6) is 0.00902. The van der Waals surface area contributed by atoms with Crippen LogP contribution in [-0.2, 0) is 4.79 Å². The molecule has 4 rings (SSSR count). The van der Waals surface area contributed by atoms with Gasteiger partial charge in [0.05, 0.1) is 11.3 Å². The molecule has 1 aromatic heterocycles. The number of hydrogen-bond acceptors (Lipinski definition) is 4. The molecule has 0 aliphatic carbocycles. The maximum Gasteiger partial charge on any atom is 0.325 e. The zero-order chi connectivity index (χ0) is 19.7. The van der Waals surface area contributed by atoms with Crippen molar-refractivity contribution in [3.63, 3.8) is 0 Å².